The Bertz CT molecular complexity index is 659. The van der Waals surface area contributed by atoms with Crippen molar-refractivity contribution in [1.82, 2.24) is 14.9 Å². The molecule has 3 fully saturated rings. The van der Waals surface area contributed by atoms with E-state index >= 15 is 0 Å². The van der Waals surface area contributed by atoms with Crippen LogP contribution in [0.5, 0.6) is 0 Å². The van der Waals surface area contributed by atoms with Crippen LogP contribution in [-0.2, 0) is 16.2 Å². The van der Waals surface area contributed by atoms with Crippen molar-refractivity contribution in [2.45, 2.75) is 45.6 Å². The number of rotatable bonds is 5. The predicted octanol–water partition coefficient (Wildman–Crippen LogP) is 2.84. The van der Waals surface area contributed by atoms with Crippen LogP contribution in [0.25, 0.3) is 0 Å². The molecule has 1 atom stereocenters. The van der Waals surface area contributed by atoms with Crippen LogP contribution in [0.2, 0.25) is 0 Å². The summed E-state index contributed by atoms with van der Waals surface area (Å²) in [6, 6.07) is 8.85. The molecule has 1 spiro atoms. The average molecular weight is 372 g/mol. The summed E-state index contributed by atoms with van der Waals surface area (Å²) in [6.45, 7) is 9.87. The molecule has 1 aromatic carbocycles. The monoisotopic (exact) mass is 371 g/mol. The number of hydrogen-bond acceptors (Lipinski definition) is 4. The van der Waals surface area contributed by atoms with Gasteiger partial charge in [-0.1, -0.05) is 29.8 Å². The molecule has 0 N–H and O–H groups in total. The van der Waals surface area contributed by atoms with Crippen molar-refractivity contribution >= 4 is 5.91 Å². The molecule has 0 radical (unpaired) electrons. The normalized spacial score (nSPS) is 26.9. The van der Waals surface area contributed by atoms with E-state index in [0.29, 0.717) is 17.7 Å². The molecule has 5 heteroatoms. The molecule has 5 nitrogen and oxygen atoms in total. The maximum absolute atomic E-state index is 12.7. The Morgan fingerprint density at radius 3 is 2.89 bits per heavy atom. The molecular formula is C22H33N3O2. The largest absolute Gasteiger partial charge is 0.342 e. The number of aryl methyl sites for hydroxylation is 1. The first-order chi connectivity index (χ1) is 13.1. The van der Waals surface area contributed by atoms with Gasteiger partial charge in [-0.15, -0.1) is 0 Å². The van der Waals surface area contributed by atoms with Crippen molar-refractivity contribution in [2.24, 2.45) is 5.41 Å². The highest BCUT2D eigenvalue weighted by Crippen LogP contribution is 2.39. The third-order valence-electron chi connectivity index (χ3n) is 6.42. The van der Waals surface area contributed by atoms with Crippen molar-refractivity contribution < 1.29 is 9.63 Å². The fourth-order valence-electron chi connectivity index (χ4n) is 5.05. The number of hydrogen-bond donors (Lipinski definition) is 0. The first-order valence-electron chi connectivity index (χ1n) is 10.6. The Hall–Kier alpha value is -1.43. The maximum atomic E-state index is 12.7. The van der Waals surface area contributed by atoms with Crippen molar-refractivity contribution in [3.8, 4) is 0 Å². The van der Waals surface area contributed by atoms with E-state index in [1.165, 1.54) is 30.5 Å². The van der Waals surface area contributed by atoms with Crippen LogP contribution in [-0.4, -0.2) is 66.6 Å². The average Bonchev–Trinajstić information content (AvgIpc) is 3.30. The van der Waals surface area contributed by atoms with Gasteiger partial charge in [0.05, 0.1) is 6.61 Å². The molecule has 1 amide bonds. The zero-order valence-corrected chi connectivity index (χ0v) is 16.7. The van der Waals surface area contributed by atoms with Crippen molar-refractivity contribution in [3.05, 3.63) is 35.4 Å². The molecule has 3 aliphatic heterocycles. The number of carbonyl (C=O) groups is 1. The Kier molecular flexibility index (Phi) is 5.81. The molecule has 0 saturated carbocycles. The molecule has 0 aromatic heterocycles. The minimum atomic E-state index is 0.304. The number of amides is 1. The van der Waals surface area contributed by atoms with Gasteiger partial charge in [-0.3, -0.25) is 14.5 Å². The Labute approximate surface area is 163 Å². The van der Waals surface area contributed by atoms with Gasteiger partial charge < -0.3 is 4.90 Å². The van der Waals surface area contributed by atoms with Gasteiger partial charge in [0, 0.05) is 51.1 Å². The minimum Gasteiger partial charge on any atom is -0.342 e. The van der Waals surface area contributed by atoms with Crippen molar-refractivity contribution in [2.75, 3.05) is 45.9 Å². The first-order valence-corrected chi connectivity index (χ1v) is 10.6. The summed E-state index contributed by atoms with van der Waals surface area (Å²) >= 11 is 0. The Morgan fingerprint density at radius 1 is 1.15 bits per heavy atom. The second kappa shape index (κ2) is 8.29. The smallest absolute Gasteiger partial charge is 0.223 e. The number of likely N-dealkylation sites (tertiary alicyclic amines) is 2. The molecule has 0 bridgehead atoms. The van der Waals surface area contributed by atoms with E-state index in [2.05, 4.69) is 41.0 Å². The van der Waals surface area contributed by atoms with E-state index in [-0.39, 0.29) is 0 Å². The highest BCUT2D eigenvalue weighted by molar-refractivity contribution is 5.76. The number of piperidine rings is 1. The Morgan fingerprint density at radius 2 is 2.07 bits per heavy atom. The summed E-state index contributed by atoms with van der Waals surface area (Å²) in [5.41, 5.74) is 3.05. The van der Waals surface area contributed by atoms with Gasteiger partial charge in [-0.05, 0) is 44.7 Å². The summed E-state index contributed by atoms with van der Waals surface area (Å²) in [4.78, 5) is 22.9. The summed E-state index contributed by atoms with van der Waals surface area (Å²) in [5.74, 6) is 0.304. The second-order valence-corrected chi connectivity index (χ2v) is 8.73. The molecule has 0 aliphatic carbocycles. The minimum absolute atomic E-state index is 0.304. The van der Waals surface area contributed by atoms with E-state index in [0.717, 1.165) is 58.7 Å². The van der Waals surface area contributed by atoms with Crippen LogP contribution in [0.15, 0.2) is 24.3 Å². The fourth-order valence-corrected chi connectivity index (χ4v) is 5.05. The van der Waals surface area contributed by atoms with E-state index in [9.17, 15) is 4.79 Å². The summed E-state index contributed by atoms with van der Waals surface area (Å²) in [7, 11) is 0. The maximum Gasteiger partial charge on any atom is 0.223 e. The molecule has 1 unspecified atom stereocenters. The zero-order valence-electron chi connectivity index (χ0n) is 16.7. The molecule has 4 rings (SSSR count). The zero-order chi connectivity index (χ0) is 18.7. The topological polar surface area (TPSA) is 36.0 Å². The van der Waals surface area contributed by atoms with Crippen LogP contribution < -0.4 is 0 Å². The van der Waals surface area contributed by atoms with Gasteiger partial charge in [0.25, 0.3) is 0 Å². The summed E-state index contributed by atoms with van der Waals surface area (Å²) in [5, 5.41) is 1.95. The second-order valence-electron chi connectivity index (χ2n) is 8.73. The molecule has 148 valence electrons. The van der Waals surface area contributed by atoms with Gasteiger partial charge >= 0.3 is 0 Å². The van der Waals surface area contributed by atoms with E-state index in [1.807, 2.05) is 5.06 Å². The quantitative estimate of drug-likeness (QED) is 0.797. The fraction of sp³-hybridized carbons (Fsp3) is 0.682. The molecule has 3 heterocycles. The van der Waals surface area contributed by atoms with E-state index < -0.39 is 0 Å². The number of hydroxylamine groups is 2. The third kappa shape index (κ3) is 4.71. The molecule has 27 heavy (non-hydrogen) atoms. The lowest BCUT2D eigenvalue weighted by Crippen LogP contribution is -2.45. The third-order valence-corrected chi connectivity index (χ3v) is 6.42. The summed E-state index contributed by atoms with van der Waals surface area (Å²) < 4.78 is 0. The molecule has 1 aromatic rings. The number of carbonyl (C=O) groups excluding carboxylic acids is 1. The highest BCUT2D eigenvalue weighted by Gasteiger charge is 2.42. The van der Waals surface area contributed by atoms with Crippen molar-refractivity contribution in [1.29, 1.82) is 0 Å². The molecule has 3 aliphatic rings. The van der Waals surface area contributed by atoms with Crippen LogP contribution in [0.3, 0.4) is 0 Å². The Balaban J connectivity index is 1.30. The van der Waals surface area contributed by atoms with Crippen LogP contribution >= 0.6 is 0 Å². The van der Waals surface area contributed by atoms with E-state index in [4.69, 9.17) is 4.84 Å². The van der Waals surface area contributed by atoms with Gasteiger partial charge in [0.2, 0.25) is 5.91 Å². The SMILES string of the molecule is Cc1cccc(CN2CCCC3(CCN(C(=O)CCN4CCCO4)C3)C2)c1. The number of nitrogens with zero attached hydrogens (tertiary/aromatic N) is 3. The van der Waals surface area contributed by atoms with Crippen LogP contribution in [0.1, 0.15) is 43.2 Å². The van der Waals surface area contributed by atoms with E-state index in [1.54, 1.807) is 0 Å². The van der Waals surface area contributed by atoms with Gasteiger partial charge in [-0.25, -0.2) is 0 Å². The van der Waals surface area contributed by atoms with Crippen LogP contribution in [0, 0.1) is 12.3 Å². The van der Waals surface area contributed by atoms with Gasteiger partial charge in [0.1, 0.15) is 0 Å². The standard InChI is InChI=1S/C22H33N3O2/c1-19-5-2-6-20(15-19)16-23-10-3-8-22(17-23)9-13-24(18-22)21(26)7-12-25-11-4-14-27-25/h2,5-6,15H,3-4,7-14,16-18H2,1H3. The number of benzene rings is 1. The van der Waals surface area contributed by atoms with Gasteiger partial charge in [-0.2, -0.15) is 5.06 Å². The van der Waals surface area contributed by atoms with Crippen molar-refractivity contribution in [3.63, 3.8) is 0 Å². The highest BCUT2D eigenvalue weighted by atomic mass is 16.7. The van der Waals surface area contributed by atoms with Crippen LogP contribution in [0.4, 0.5) is 0 Å². The molecular weight excluding hydrogens is 338 g/mol. The van der Waals surface area contributed by atoms with Gasteiger partial charge in [0.15, 0.2) is 0 Å². The predicted molar refractivity (Wildman–Crippen MR) is 106 cm³/mol. The molecule has 3 saturated heterocycles. The summed E-state index contributed by atoms with van der Waals surface area (Å²) in [6.07, 6.45) is 5.33. The lowest BCUT2D eigenvalue weighted by molar-refractivity contribution is -0.138. The first kappa shape index (κ1) is 18.9. The lowest BCUT2D eigenvalue weighted by atomic mass is 9.79. The lowest BCUT2D eigenvalue weighted by Gasteiger charge is -2.40.